The molecule has 1 saturated heterocycles. The Hall–Kier alpha value is -3.43. The van der Waals surface area contributed by atoms with Crippen LogP contribution in [-0.2, 0) is 38.1 Å². The zero-order chi connectivity index (χ0) is 36.4. The molecule has 13 nitrogen and oxygen atoms in total. The molecule has 49 heavy (non-hydrogen) atoms. The minimum Gasteiger partial charge on any atom is -0.458 e. The van der Waals surface area contributed by atoms with Crippen molar-refractivity contribution >= 4 is 35.0 Å². The average Bonchev–Trinajstić information content (AvgIpc) is 3.62. The van der Waals surface area contributed by atoms with Crippen LogP contribution in [0.25, 0.3) is 10.4 Å². The summed E-state index contributed by atoms with van der Waals surface area (Å²) in [5, 5.41) is 16.3. The van der Waals surface area contributed by atoms with Gasteiger partial charge in [-0.1, -0.05) is 45.0 Å². The maximum absolute atomic E-state index is 13.8. The first-order chi connectivity index (χ1) is 23.0. The molecule has 2 aromatic rings. The van der Waals surface area contributed by atoms with Gasteiger partial charge in [0.1, 0.15) is 30.9 Å². The van der Waals surface area contributed by atoms with E-state index in [9.17, 15) is 24.3 Å². The van der Waals surface area contributed by atoms with Crippen LogP contribution in [0.5, 0.6) is 0 Å². The van der Waals surface area contributed by atoms with E-state index in [0.717, 1.165) is 21.7 Å². The van der Waals surface area contributed by atoms with E-state index in [-0.39, 0.29) is 64.6 Å². The number of aliphatic hydroxyl groups is 1. The van der Waals surface area contributed by atoms with Crippen LogP contribution in [0.1, 0.15) is 72.2 Å². The van der Waals surface area contributed by atoms with Gasteiger partial charge in [0, 0.05) is 13.0 Å². The minimum atomic E-state index is -0.970. The lowest BCUT2D eigenvalue weighted by atomic mass is 9.85. The summed E-state index contributed by atoms with van der Waals surface area (Å²) in [4.78, 5) is 58.5. The predicted molar refractivity (Wildman–Crippen MR) is 185 cm³/mol. The first-order valence-corrected chi connectivity index (χ1v) is 17.4. The fraction of sp³-hybridized carbons (Fsp3) is 0.629. The third kappa shape index (κ3) is 12.8. The lowest BCUT2D eigenvalue weighted by Crippen LogP contribution is -2.58. The van der Waals surface area contributed by atoms with Crippen LogP contribution < -0.4 is 10.6 Å². The third-order valence-electron chi connectivity index (χ3n) is 7.68. The van der Waals surface area contributed by atoms with Gasteiger partial charge in [-0.15, -0.1) is 11.3 Å². The molecule has 0 aliphatic carbocycles. The molecule has 1 aromatic carbocycles. The SMILES string of the molecule is Cc1ncsc1-c1ccc([C@H](C)NC(=O)[C@@H]2C[C@@H](O)CN2C(=O)[C@@H](NC(=O)COCCOCCOCC(=O)OC(C)(C)C)C(C)(C)C)cc1. The number of aliphatic hydroxyl groups excluding tert-OH is 1. The molecule has 1 fully saturated rings. The van der Waals surface area contributed by atoms with Crippen molar-refractivity contribution in [2.24, 2.45) is 5.41 Å². The third-order valence-corrected chi connectivity index (χ3v) is 8.65. The number of thiazole rings is 1. The van der Waals surface area contributed by atoms with Gasteiger partial charge in [0.2, 0.25) is 17.7 Å². The molecule has 272 valence electrons. The summed E-state index contributed by atoms with van der Waals surface area (Å²) in [6.45, 7) is 14.9. The topological polar surface area (TPSA) is 166 Å². The van der Waals surface area contributed by atoms with Crippen molar-refractivity contribution < 1.29 is 43.2 Å². The molecule has 0 spiro atoms. The number of likely N-dealkylation sites (tertiary alicyclic amines) is 1. The van der Waals surface area contributed by atoms with Crippen LogP contribution in [0.15, 0.2) is 29.8 Å². The summed E-state index contributed by atoms with van der Waals surface area (Å²) in [6, 6.07) is 5.68. The number of ether oxygens (including phenoxy) is 4. The Bertz CT molecular complexity index is 1400. The standard InChI is InChI=1S/C35H52N4O9S/c1-22(24-9-11-25(12-10-24)30-23(2)36-21-49-30)37-32(43)27-17-26(40)18-39(27)33(44)31(34(3,4)5)38-28(41)19-46-15-13-45-14-16-47-20-29(42)48-35(6,7)8/h9-12,21-22,26-27,31,40H,13-20H2,1-8H3,(H,37,43)(H,38,41)/t22-,26+,27-,31+/m0/s1. The van der Waals surface area contributed by atoms with Gasteiger partial charge in [-0.25, -0.2) is 9.78 Å². The summed E-state index contributed by atoms with van der Waals surface area (Å²) in [5.41, 5.74) is 3.44. The second-order valence-corrected chi connectivity index (χ2v) is 15.0. The molecule has 3 N–H and O–H groups in total. The highest BCUT2D eigenvalue weighted by molar-refractivity contribution is 7.13. The van der Waals surface area contributed by atoms with E-state index >= 15 is 0 Å². The van der Waals surface area contributed by atoms with Crippen molar-refractivity contribution in [3.63, 3.8) is 0 Å². The Morgan fingerprint density at radius 3 is 2.14 bits per heavy atom. The Labute approximate surface area is 293 Å². The van der Waals surface area contributed by atoms with Crippen LogP contribution in [0, 0.1) is 12.3 Å². The van der Waals surface area contributed by atoms with Crippen LogP contribution >= 0.6 is 11.3 Å². The van der Waals surface area contributed by atoms with Gasteiger partial charge in [0.25, 0.3) is 0 Å². The van der Waals surface area contributed by atoms with Gasteiger partial charge in [-0.3, -0.25) is 14.4 Å². The van der Waals surface area contributed by atoms with E-state index in [4.69, 9.17) is 18.9 Å². The maximum Gasteiger partial charge on any atom is 0.332 e. The average molecular weight is 705 g/mol. The van der Waals surface area contributed by atoms with E-state index in [2.05, 4.69) is 15.6 Å². The summed E-state index contributed by atoms with van der Waals surface area (Å²) < 4.78 is 21.2. The number of aryl methyl sites for hydroxylation is 1. The quantitative estimate of drug-likeness (QED) is 0.175. The lowest BCUT2D eigenvalue weighted by Gasteiger charge is -2.35. The molecular weight excluding hydrogens is 652 g/mol. The molecule has 1 aromatic heterocycles. The molecule has 3 amide bonds. The Morgan fingerprint density at radius 1 is 0.959 bits per heavy atom. The van der Waals surface area contributed by atoms with Crippen molar-refractivity contribution in [1.82, 2.24) is 20.5 Å². The van der Waals surface area contributed by atoms with Gasteiger partial charge in [0.05, 0.1) is 54.7 Å². The van der Waals surface area contributed by atoms with Gasteiger partial charge in [-0.05, 0) is 51.2 Å². The number of carbonyl (C=O) groups excluding carboxylic acids is 4. The normalized spacial score (nSPS) is 17.8. The van der Waals surface area contributed by atoms with Crippen molar-refractivity contribution in [1.29, 1.82) is 0 Å². The number of nitrogens with zero attached hydrogens (tertiary/aromatic N) is 2. The molecule has 1 aliphatic heterocycles. The zero-order valence-electron chi connectivity index (χ0n) is 29.9. The molecule has 0 radical (unpaired) electrons. The number of benzene rings is 1. The van der Waals surface area contributed by atoms with Gasteiger partial charge < -0.3 is 39.6 Å². The second kappa shape index (κ2) is 18.0. The number of rotatable bonds is 16. The summed E-state index contributed by atoms with van der Waals surface area (Å²) in [5.74, 6) is -1.79. The molecule has 0 saturated carbocycles. The molecule has 4 atom stereocenters. The number of nitrogens with one attached hydrogen (secondary N) is 2. The summed E-state index contributed by atoms with van der Waals surface area (Å²) in [7, 11) is 0. The molecule has 3 rings (SSSR count). The van der Waals surface area contributed by atoms with Gasteiger partial charge in [-0.2, -0.15) is 0 Å². The fourth-order valence-corrected chi connectivity index (χ4v) is 6.06. The van der Waals surface area contributed by atoms with Crippen molar-refractivity contribution in [3.8, 4) is 10.4 Å². The number of amides is 3. The first-order valence-electron chi connectivity index (χ1n) is 16.5. The highest BCUT2D eigenvalue weighted by atomic mass is 32.1. The number of hydrogen-bond acceptors (Lipinski definition) is 11. The Balaban J connectivity index is 1.47. The molecule has 0 unspecified atom stereocenters. The number of hydrogen-bond donors (Lipinski definition) is 3. The first kappa shape index (κ1) is 40.0. The highest BCUT2D eigenvalue weighted by Gasteiger charge is 2.44. The fourth-order valence-electron chi connectivity index (χ4n) is 5.25. The van der Waals surface area contributed by atoms with Crippen LogP contribution in [0.2, 0.25) is 0 Å². The van der Waals surface area contributed by atoms with E-state index in [1.807, 2.05) is 64.4 Å². The molecular formula is C35H52N4O9S. The minimum absolute atomic E-state index is 0.0218. The molecule has 14 heteroatoms. The number of β-amino-alcohol motifs (C(OH)–C–C–N with tert-alkyl or cyclic N) is 1. The highest BCUT2D eigenvalue weighted by Crippen LogP contribution is 2.29. The van der Waals surface area contributed by atoms with E-state index in [1.165, 1.54) is 4.90 Å². The second-order valence-electron chi connectivity index (χ2n) is 14.2. The maximum atomic E-state index is 13.8. The Kier molecular flexibility index (Phi) is 14.7. The van der Waals surface area contributed by atoms with Gasteiger partial charge in [0.15, 0.2) is 0 Å². The monoisotopic (exact) mass is 704 g/mol. The number of carbonyl (C=O) groups is 4. The van der Waals surface area contributed by atoms with Crippen molar-refractivity contribution in [3.05, 3.63) is 41.0 Å². The smallest absolute Gasteiger partial charge is 0.332 e. The lowest BCUT2D eigenvalue weighted by molar-refractivity contribution is -0.160. The largest absolute Gasteiger partial charge is 0.458 e. The van der Waals surface area contributed by atoms with Crippen molar-refractivity contribution in [2.75, 3.05) is 46.2 Å². The number of esters is 1. The van der Waals surface area contributed by atoms with Crippen molar-refractivity contribution in [2.45, 2.75) is 91.6 Å². The van der Waals surface area contributed by atoms with Crippen LogP contribution in [-0.4, -0.2) is 109 Å². The number of aromatic nitrogens is 1. The summed E-state index contributed by atoms with van der Waals surface area (Å²) in [6.07, 6.45) is -0.785. The summed E-state index contributed by atoms with van der Waals surface area (Å²) >= 11 is 1.57. The molecule has 2 heterocycles. The Morgan fingerprint density at radius 2 is 1.57 bits per heavy atom. The van der Waals surface area contributed by atoms with E-state index in [0.29, 0.717) is 0 Å². The van der Waals surface area contributed by atoms with E-state index in [1.54, 1.807) is 32.1 Å². The molecule has 0 bridgehead atoms. The predicted octanol–water partition coefficient (Wildman–Crippen LogP) is 3.18. The zero-order valence-corrected chi connectivity index (χ0v) is 30.7. The van der Waals surface area contributed by atoms with E-state index < -0.39 is 47.0 Å². The van der Waals surface area contributed by atoms with Crippen LogP contribution in [0.4, 0.5) is 0 Å². The molecule has 1 aliphatic rings. The van der Waals surface area contributed by atoms with Gasteiger partial charge >= 0.3 is 5.97 Å². The van der Waals surface area contributed by atoms with Crippen LogP contribution in [0.3, 0.4) is 0 Å².